The van der Waals surface area contributed by atoms with Crippen LogP contribution in [0.3, 0.4) is 0 Å². The lowest BCUT2D eigenvalue weighted by molar-refractivity contribution is -0.121. The molecule has 0 saturated heterocycles. The second-order valence-corrected chi connectivity index (χ2v) is 8.39. The van der Waals surface area contributed by atoms with Crippen LogP contribution in [0.25, 0.3) is 0 Å². The van der Waals surface area contributed by atoms with Crippen molar-refractivity contribution in [1.82, 2.24) is 0 Å². The maximum atomic E-state index is 12.2. The molecule has 6 heteroatoms. The van der Waals surface area contributed by atoms with E-state index in [1.54, 1.807) is 0 Å². The number of carbonyl (C=O) groups excluding carboxylic acids is 4. The lowest BCUT2D eigenvalue weighted by Gasteiger charge is -2.22. The molecule has 0 bridgehead atoms. The Kier molecular flexibility index (Phi) is 5.85. The maximum Gasteiger partial charge on any atom is 0.258 e. The van der Waals surface area contributed by atoms with Gasteiger partial charge in [-0.25, -0.2) is 9.80 Å². The molecule has 2 aromatic carbocycles. The monoisotopic (exact) mass is 442 g/mol. The molecule has 0 N–H and O–H groups in total. The lowest BCUT2D eigenvalue weighted by Crippen LogP contribution is -2.30. The zero-order valence-corrected chi connectivity index (χ0v) is 19.3. The predicted octanol–water partition coefficient (Wildman–Crippen LogP) is 3.88. The van der Waals surface area contributed by atoms with Crippen molar-refractivity contribution in [2.45, 2.75) is 47.0 Å². The van der Waals surface area contributed by atoms with Crippen LogP contribution in [0, 0.1) is 13.8 Å². The first-order chi connectivity index (χ1) is 15.7. The predicted molar refractivity (Wildman–Crippen MR) is 127 cm³/mol. The number of imide groups is 2. The molecule has 0 radical (unpaired) electrons. The zero-order valence-electron chi connectivity index (χ0n) is 19.3. The first-order valence-electron chi connectivity index (χ1n) is 11.1. The fraction of sp³-hybridized carbons (Fsp3) is 0.259. The van der Waals surface area contributed by atoms with Crippen molar-refractivity contribution in [3.8, 4) is 0 Å². The number of aryl methyl sites for hydroxylation is 4. The van der Waals surface area contributed by atoms with Crippen LogP contribution in [0.2, 0.25) is 0 Å². The number of hydrogen-bond acceptors (Lipinski definition) is 4. The highest BCUT2D eigenvalue weighted by Gasteiger charge is 2.28. The molecule has 4 amide bonds. The minimum absolute atomic E-state index is 0.321. The molecule has 0 aliphatic carbocycles. The van der Waals surface area contributed by atoms with Crippen molar-refractivity contribution >= 4 is 35.0 Å². The van der Waals surface area contributed by atoms with E-state index in [2.05, 4.69) is 13.8 Å². The third-order valence-electron chi connectivity index (χ3n) is 6.28. The third kappa shape index (κ3) is 3.93. The van der Waals surface area contributed by atoms with Gasteiger partial charge >= 0.3 is 0 Å². The molecular weight excluding hydrogens is 416 g/mol. The van der Waals surface area contributed by atoms with Crippen LogP contribution in [-0.4, -0.2) is 23.6 Å². The zero-order chi connectivity index (χ0) is 23.9. The number of benzene rings is 2. The third-order valence-corrected chi connectivity index (χ3v) is 6.28. The van der Waals surface area contributed by atoms with Crippen molar-refractivity contribution in [3.05, 3.63) is 82.0 Å². The highest BCUT2D eigenvalue weighted by atomic mass is 16.2. The molecule has 0 atom stereocenters. The fourth-order valence-corrected chi connectivity index (χ4v) is 4.55. The summed E-state index contributed by atoms with van der Waals surface area (Å²) in [6, 6.07) is 7.97. The van der Waals surface area contributed by atoms with Gasteiger partial charge in [-0.3, -0.25) is 19.2 Å². The van der Waals surface area contributed by atoms with Crippen molar-refractivity contribution in [3.63, 3.8) is 0 Å². The van der Waals surface area contributed by atoms with Gasteiger partial charge < -0.3 is 0 Å². The Bertz CT molecular complexity index is 1140. The molecule has 33 heavy (non-hydrogen) atoms. The summed E-state index contributed by atoms with van der Waals surface area (Å²) >= 11 is 0. The van der Waals surface area contributed by atoms with Gasteiger partial charge in [-0.2, -0.15) is 0 Å². The normalized spacial score (nSPS) is 15.5. The van der Waals surface area contributed by atoms with Crippen LogP contribution in [-0.2, 0) is 38.4 Å². The summed E-state index contributed by atoms with van der Waals surface area (Å²) in [6.45, 7) is 7.92. The van der Waals surface area contributed by atoms with Gasteiger partial charge in [0.1, 0.15) is 0 Å². The highest BCUT2D eigenvalue weighted by Crippen LogP contribution is 2.32. The Labute approximate surface area is 193 Å². The van der Waals surface area contributed by atoms with Gasteiger partial charge in [-0.05, 0) is 78.6 Å². The minimum Gasteiger partial charge on any atom is -0.269 e. The quantitative estimate of drug-likeness (QED) is 0.637. The summed E-state index contributed by atoms with van der Waals surface area (Å²) in [4.78, 5) is 51.2. The SMILES string of the molecule is CCc1cc(N2C(=O)C=CC2=O)c(C)cc1Cc1cc(C)c(N2C(=O)C=CC2=O)cc1CC. The Hall–Kier alpha value is -3.80. The van der Waals surface area contributed by atoms with Gasteiger partial charge in [0.2, 0.25) is 0 Å². The molecule has 0 fully saturated rings. The van der Waals surface area contributed by atoms with E-state index in [1.807, 2.05) is 38.1 Å². The Morgan fingerprint density at radius 3 is 1.18 bits per heavy atom. The van der Waals surface area contributed by atoms with E-state index >= 15 is 0 Å². The maximum absolute atomic E-state index is 12.2. The topological polar surface area (TPSA) is 74.8 Å². The molecule has 2 heterocycles. The first-order valence-corrected chi connectivity index (χ1v) is 11.1. The van der Waals surface area contributed by atoms with Crippen LogP contribution < -0.4 is 9.80 Å². The molecule has 0 unspecified atom stereocenters. The standard InChI is InChI=1S/C27H26N2O4/c1-5-18-14-22(28-24(30)7-8-25(28)31)16(3)11-20(18)13-21-12-17(4)23(15-19(21)6-2)29-26(32)9-10-27(29)33/h7-12,14-15H,5-6,13H2,1-4H3. The van der Waals surface area contributed by atoms with Gasteiger partial charge in [0.15, 0.2) is 0 Å². The number of hydrogen-bond donors (Lipinski definition) is 0. The van der Waals surface area contributed by atoms with Crippen LogP contribution >= 0.6 is 0 Å². The lowest BCUT2D eigenvalue weighted by atomic mass is 9.90. The van der Waals surface area contributed by atoms with Crippen molar-refractivity contribution in [2.75, 3.05) is 9.80 Å². The van der Waals surface area contributed by atoms with Crippen LogP contribution in [0.4, 0.5) is 11.4 Å². The largest absolute Gasteiger partial charge is 0.269 e. The summed E-state index contributed by atoms with van der Waals surface area (Å²) in [6.07, 6.45) is 7.37. The molecule has 6 nitrogen and oxygen atoms in total. The van der Waals surface area contributed by atoms with E-state index in [9.17, 15) is 19.2 Å². The molecular formula is C27H26N2O4. The number of carbonyl (C=O) groups is 4. The van der Waals surface area contributed by atoms with E-state index in [4.69, 9.17) is 0 Å². The van der Waals surface area contributed by atoms with Gasteiger partial charge in [0, 0.05) is 24.3 Å². The second-order valence-electron chi connectivity index (χ2n) is 8.39. The second kappa shape index (κ2) is 8.62. The van der Waals surface area contributed by atoms with E-state index in [1.165, 1.54) is 34.1 Å². The fourth-order valence-electron chi connectivity index (χ4n) is 4.55. The molecule has 2 aliphatic heterocycles. The van der Waals surface area contributed by atoms with Gasteiger partial charge in [0.05, 0.1) is 11.4 Å². The number of amides is 4. The Morgan fingerprint density at radius 1 is 0.545 bits per heavy atom. The average molecular weight is 443 g/mol. The highest BCUT2D eigenvalue weighted by molar-refractivity contribution is 6.29. The minimum atomic E-state index is -0.321. The molecule has 2 aliphatic rings. The summed E-state index contributed by atoms with van der Waals surface area (Å²) in [5, 5.41) is 0. The molecule has 4 rings (SSSR count). The summed E-state index contributed by atoms with van der Waals surface area (Å²) < 4.78 is 0. The van der Waals surface area contributed by atoms with Crippen LogP contribution in [0.15, 0.2) is 48.6 Å². The van der Waals surface area contributed by atoms with Crippen molar-refractivity contribution in [1.29, 1.82) is 0 Å². The summed E-state index contributed by atoms with van der Waals surface area (Å²) in [5.41, 5.74) is 7.36. The molecule has 0 aromatic heterocycles. The van der Waals surface area contributed by atoms with E-state index in [0.29, 0.717) is 17.8 Å². The van der Waals surface area contributed by atoms with Crippen molar-refractivity contribution in [2.24, 2.45) is 0 Å². The summed E-state index contributed by atoms with van der Waals surface area (Å²) in [7, 11) is 0. The molecule has 2 aromatic rings. The molecule has 0 spiro atoms. The van der Waals surface area contributed by atoms with Gasteiger partial charge in [-0.1, -0.05) is 26.0 Å². The Balaban J connectivity index is 1.72. The van der Waals surface area contributed by atoms with Gasteiger partial charge in [0.25, 0.3) is 23.6 Å². The smallest absolute Gasteiger partial charge is 0.258 e. The van der Waals surface area contributed by atoms with Gasteiger partial charge in [-0.15, -0.1) is 0 Å². The van der Waals surface area contributed by atoms with Crippen LogP contribution in [0.5, 0.6) is 0 Å². The van der Waals surface area contributed by atoms with Crippen molar-refractivity contribution < 1.29 is 19.2 Å². The number of nitrogens with zero attached hydrogens (tertiary/aromatic N) is 2. The van der Waals surface area contributed by atoms with E-state index in [-0.39, 0.29) is 23.6 Å². The van der Waals surface area contributed by atoms with Crippen LogP contribution in [0.1, 0.15) is 47.2 Å². The van der Waals surface area contributed by atoms with E-state index < -0.39 is 0 Å². The summed E-state index contributed by atoms with van der Waals surface area (Å²) in [5.74, 6) is -1.29. The van der Waals surface area contributed by atoms with E-state index in [0.717, 1.165) is 46.2 Å². The average Bonchev–Trinajstić information content (AvgIpc) is 3.29. The molecule has 0 saturated carbocycles. The number of anilines is 2. The number of rotatable bonds is 6. The molecule has 168 valence electrons. The first kappa shape index (κ1) is 22.4. The Morgan fingerprint density at radius 2 is 0.879 bits per heavy atom.